The summed E-state index contributed by atoms with van der Waals surface area (Å²) in [5.74, 6) is 1.01. The lowest BCUT2D eigenvalue weighted by Crippen LogP contribution is -2.51. The summed E-state index contributed by atoms with van der Waals surface area (Å²) in [5.41, 5.74) is 6.51. The number of pyridine rings is 1. The first-order valence-electron chi connectivity index (χ1n) is 7.94. The van der Waals surface area contributed by atoms with Crippen molar-refractivity contribution in [2.45, 2.75) is 50.6 Å². The highest BCUT2D eigenvalue weighted by atomic mass is 16.2. The van der Waals surface area contributed by atoms with Crippen LogP contribution in [0.5, 0.6) is 0 Å². The van der Waals surface area contributed by atoms with Crippen LogP contribution in [0.3, 0.4) is 0 Å². The summed E-state index contributed by atoms with van der Waals surface area (Å²) in [6.45, 7) is 2.70. The van der Waals surface area contributed by atoms with Crippen LogP contribution in [0.15, 0.2) is 18.3 Å². The molecular formula is C16H24N4O. The molecule has 5 nitrogen and oxygen atoms in total. The van der Waals surface area contributed by atoms with Crippen molar-refractivity contribution in [1.82, 2.24) is 10.3 Å². The number of amides is 1. The number of aromatic nitrogens is 1. The molecule has 1 amide bonds. The van der Waals surface area contributed by atoms with Crippen LogP contribution in [0.4, 0.5) is 5.82 Å². The number of hydrogen-bond donors (Lipinski definition) is 2. The van der Waals surface area contributed by atoms with Crippen molar-refractivity contribution in [2.24, 2.45) is 5.73 Å². The fourth-order valence-electron chi connectivity index (χ4n) is 3.25. The minimum atomic E-state index is -0.650. The van der Waals surface area contributed by atoms with Crippen molar-refractivity contribution in [1.29, 1.82) is 0 Å². The lowest BCUT2D eigenvalue weighted by atomic mass is 9.98. The Morgan fingerprint density at radius 2 is 1.95 bits per heavy atom. The molecule has 1 saturated heterocycles. The van der Waals surface area contributed by atoms with Gasteiger partial charge in [0.2, 0.25) is 5.91 Å². The fourth-order valence-corrected chi connectivity index (χ4v) is 3.25. The van der Waals surface area contributed by atoms with E-state index < -0.39 is 5.54 Å². The summed E-state index contributed by atoms with van der Waals surface area (Å²) < 4.78 is 0. The maximum atomic E-state index is 12.2. The second kappa shape index (κ2) is 6.02. The van der Waals surface area contributed by atoms with E-state index in [2.05, 4.69) is 15.2 Å². The molecule has 0 bridgehead atoms. The van der Waals surface area contributed by atoms with Crippen LogP contribution in [0.25, 0.3) is 0 Å². The summed E-state index contributed by atoms with van der Waals surface area (Å²) in [5, 5.41) is 2.95. The lowest BCUT2D eigenvalue weighted by Gasteiger charge is -2.22. The molecule has 1 aromatic rings. The molecule has 1 aliphatic heterocycles. The van der Waals surface area contributed by atoms with Crippen LogP contribution >= 0.6 is 0 Å². The van der Waals surface area contributed by atoms with Crippen molar-refractivity contribution in [3.05, 3.63) is 23.9 Å². The lowest BCUT2D eigenvalue weighted by molar-refractivity contribution is -0.126. The Morgan fingerprint density at radius 3 is 2.57 bits per heavy atom. The number of nitrogens with two attached hydrogens (primary N) is 1. The summed E-state index contributed by atoms with van der Waals surface area (Å²) >= 11 is 0. The average Bonchev–Trinajstić information content (AvgIpc) is 3.17. The molecule has 5 heteroatoms. The Bertz CT molecular complexity index is 488. The minimum absolute atomic E-state index is 0.0244. The number of rotatable bonds is 4. The largest absolute Gasteiger partial charge is 0.357 e. The van der Waals surface area contributed by atoms with Crippen LogP contribution in [-0.2, 0) is 11.3 Å². The molecule has 0 radical (unpaired) electrons. The van der Waals surface area contributed by atoms with Gasteiger partial charge in [0.25, 0.3) is 0 Å². The van der Waals surface area contributed by atoms with Crippen LogP contribution in [0, 0.1) is 0 Å². The molecule has 3 N–H and O–H groups in total. The van der Waals surface area contributed by atoms with Crippen molar-refractivity contribution in [2.75, 3.05) is 18.0 Å². The Kier molecular flexibility index (Phi) is 4.10. The van der Waals surface area contributed by atoms with E-state index in [0.717, 1.165) is 50.2 Å². The van der Waals surface area contributed by atoms with E-state index >= 15 is 0 Å². The SMILES string of the molecule is NC1(C(=O)NCc2ccc(N3CCCC3)nc2)CCCC1. The highest BCUT2D eigenvalue weighted by molar-refractivity contribution is 5.86. The van der Waals surface area contributed by atoms with Crippen LogP contribution in [0.1, 0.15) is 44.1 Å². The number of carbonyl (C=O) groups is 1. The van der Waals surface area contributed by atoms with Crippen molar-refractivity contribution in [3.63, 3.8) is 0 Å². The van der Waals surface area contributed by atoms with Gasteiger partial charge in [0.05, 0.1) is 5.54 Å². The Labute approximate surface area is 125 Å². The zero-order chi connectivity index (χ0) is 14.7. The van der Waals surface area contributed by atoms with E-state index in [1.807, 2.05) is 18.3 Å². The van der Waals surface area contributed by atoms with Crippen LogP contribution < -0.4 is 16.0 Å². The standard InChI is InChI=1S/C16H24N4O/c17-16(7-1-2-8-16)15(21)19-12-13-5-6-14(18-11-13)20-9-3-4-10-20/h5-6,11H,1-4,7-10,12,17H2,(H,19,21). The minimum Gasteiger partial charge on any atom is -0.357 e. The predicted octanol–water partition coefficient (Wildman–Crippen LogP) is 1.57. The summed E-state index contributed by atoms with van der Waals surface area (Å²) in [6.07, 6.45) is 8.05. The molecule has 1 saturated carbocycles. The zero-order valence-corrected chi connectivity index (χ0v) is 12.5. The third-order valence-corrected chi connectivity index (χ3v) is 4.64. The second-order valence-corrected chi connectivity index (χ2v) is 6.26. The molecule has 114 valence electrons. The second-order valence-electron chi connectivity index (χ2n) is 6.26. The number of nitrogens with one attached hydrogen (secondary N) is 1. The van der Waals surface area contributed by atoms with E-state index in [-0.39, 0.29) is 5.91 Å². The van der Waals surface area contributed by atoms with Gasteiger partial charge in [-0.3, -0.25) is 4.79 Å². The number of anilines is 1. The first-order chi connectivity index (χ1) is 10.2. The predicted molar refractivity (Wildman–Crippen MR) is 82.9 cm³/mol. The van der Waals surface area contributed by atoms with Gasteiger partial charge in [-0.1, -0.05) is 18.9 Å². The van der Waals surface area contributed by atoms with Gasteiger partial charge in [-0.2, -0.15) is 0 Å². The van der Waals surface area contributed by atoms with E-state index in [0.29, 0.717) is 6.54 Å². The molecule has 1 aliphatic carbocycles. The summed E-state index contributed by atoms with van der Waals surface area (Å²) in [6, 6.07) is 4.08. The number of hydrogen-bond acceptors (Lipinski definition) is 4. The van der Waals surface area contributed by atoms with Gasteiger partial charge < -0.3 is 16.0 Å². The summed E-state index contributed by atoms with van der Waals surface area (Å²) in [7, 11) is 0. The van der Waals surface area contributed by atoms with Crippen LogP contribution in [0.2, 0.25) is 0 Å². The zero-order valence-electron chi connectivity index (χ0n) is 12.5. The van der Waals surface area contributed by atoms with Gasteiger partial charge in [0.15, 0.2) is 0 Å². The van der Waals surface area contributed by atoms with Gasteiger partial charge >= 0.3 is 0 Å². The highest BCUT2D eigenvalue weighted by Gasteiger charge is 2.36. The quantitative estimate of drug-likeness (QED) is 0.882. The highest BCUT2D eigenvalue weighted by Crippen LogP contribution is 2.27. The number of carbonyl (C=O) groups excluding carboxylic acids is 1. The molecule has 0 unspecified atom stereocenters. The third kappa shape index (κ3) is 3.18. The molecular weight excluding hydrogens is 264 g/mol. The van der Waals surface area contributed by atoms with Crippen molar-refractivity contribution in [3.8, 4) is 0 Å². The third-order valence-electron chi connectivity index (χ3n) is 4.64. The average molecular weight is 288 g/mol. The van der Waals surface area contributed by atoms with E-state index in [4.69, 9.17) is 5.73 Å². The van der Waals surface area contributed by atoms with E-state index in [9.17, 15) is 4.79 Å². The fraction of sp³-hybridized carbons (Fsp3) is 0.625. The molecule has 0 aromatic carbocycles. The maximum absolute atomic E-state index is 12.2. The van der Waals surface area contributed by atoms with Crippen LogP contribution in [-0.4, -0.2) is 29.5 Å². The van der Waals surface area contributed by atoms with Crippen molar-refractivity contribution >= 4 is 11.7 Å². The molecule has 2 heterocycles. The van der Waals surface area contributed by atoms with Gasteiger partial charge in [-0.25, -0.2) is 4.98 Å². The van der Waals surface area contributed by atoms with Crippen molar-refractivity contribution < 1.29 is 4.79 Å². The normalized spacial score (nSPS) is 20.7. The first kappa shape index (κ1) is 14.3. The first-order valence-corrected chi connectivity index (χ1v) is 7.94. The van der Waals surface area contributed by atoms with Gasteiger partial charge in [-0.15, -0.1) is 0 Å². The van der Waals surface area contributed by atoms with Gasteiger partial charge in [0, 0.05) is 25.8 Å². The Balaban J connectivity index is 1.54. The summed E-state index contributed by atoms with van der Waals surface area (Å²) in [4.78, 5) is 18.9. The van der Waals surface area contributed by atoms with E-state index in [1.165, 1.54) is 12.8 Å². The van der Waals surface area contributed by atoms with Gasteiger partial charge in [0.1, 0.15) is 5.82 Å². The van der Waals surface area contributed by atoms with E-state index in [1.54, 1.807) is 0 Å². The van der Waals surface area contributed by atoms with Gasteiger partial charge in [-0.05, 0) is 37.3 Å². The topological polar surface area (TPSA) is 71.2 Å². The molecule has 2 aliphatic rings. The molecule has 3 rings (SSSR count). The molecule has 0 atom stereocenters. The monoisotopic (exact) mass is 288 g/mol. The Hall–Kier alpha value is -1.62. The molecule has 1 aromatic heterocycles. The number of nitrogens with zero attached hydrogens (tertiary/aromatic N) is 2. The molecule has 2 fully saturated rings. The molecule has 21 heavy (non-hydrogen) atoms. The maximum Gasteiger partial charge on any atom is 0.240 e. The molecule has 0 spiro atoms. The Morgan fingerprint density at radius 1 is 1.24 bits per heavy atom. The smallest absolute Gasteiger partial charge is 0.240 e.